The van der Waals surface area contributed by atoms with Crippen molar-refractivity contribution in [2.24, 2.45) is 17.3 Å². The molecule has 0 saturated heterocycles. The zero-order chi connectivity index (χ0) is 17.9. The van der Waals surface area contributed by atoms with E-state index in [0.29, 0.717) is 5.92 Å². The summed E-state index contributed by atoms with van der Waals surface area (Å²) in [6.07, 6.45) is 18.6. The number of nitrogens with zero attached hydrogens (tertiary/aromatic N) is 1. The second-order valence-electron chi connectivity index (χ2n) is 7.58. The minimum absolute atomic E-state index is 0.170. The predicted octanol–water partition coefficient (Wildman–Crippen LogP) is 6.27. The molecular weight excluding hydrogens is 278 g/mol. The first-order valence-electron chi connectivity index (χ1n) is 9.28. The summed E-state index contributed by atoms with van der Waals surface area (Å²) in [5.74, 6) is 1.34. The van der Waals surface area contributed by atoms with Crippen molar-refractivity contribution in [1.82, 2.24) is 0 Å². The van der Waals surface area contributed by atoms with Gasteiger partial charge in [0.2, 0.25) is 0 Å². The van der Waals surface area contributed by atoms with E-state index < -0.39 is 0 Å². The Labute approximate surface area is 145 Å². The van der Waals surface area contributed by atoms with Crippen molar-refractivity contribution in [3.63, 3.8) is 0 Å². The van der Waals surface area contributed by atoms with Crippen molar-refractivity contribution in [2.75, 3.05) is 14.1 Å². The van der Waals surface area contributed by atoms with Crippen LogP contribution in [-0.2, 0) is 0 Å². The predicted molar refractivity (Wildman–Crippen MR) is 106 cm³/mol. The molecule has 0 aromatic heterocycles. The first-order valence-corrected chi connectivity index (χ1v) is 9.28. The summed E-state index contributed by atoms with van der Waals surface area (Å²) in [6, 6.07) is 0. The van der Waals surface area contributed by atoms with Gasteiger partial charge in [0.15, 0.2) is 6.21 Å². The largest absolute Gasteiger partial charge is 0.241 e. The molecule has 2 atom stereocenters. The molecule has 0 N–H and O–H groups in total. The molecule has 0 aliphatic carbocycles. The SMILES string of the molecule is CC=CC(C)(C=CC(C)C)CC(CC)CC(=CC=[N+](C)C)CC. The smallest absolute Gasteiger partial charge is 0.162 e. The molecule has 1 nitrogen and oxygen atoms in total. The van der Waals surface area contributed by atoms with E-state index in [2.05, 4.69) is 96.8 Å². The summed E-state index contributed by atoms with van der Waals surface area (Å²) in [5.41, 5.74) is 1.73. The number of hydrogen-bond acceptors (Lipinski definition) is 0. The van der Waals surface area contributed by atoms with E-state index in [1.807, 2.05) is 0 Å². The number of hydrogen-bond donors (Lipinski definition) is 0. The highest BCUT2D eigenvalue weighted by atomic mass is 14.9. The molecule has 0 aliphatic rings. The fourth-order valence-electron chi connectivity index (χ4n) is 2.92. The molecule has 2 unspecified atom stereocenters. The highest BCUT2D eigenvalue weighted by Crippen LogP contribution is 2.34. The van der Waals surface area contributed by atoms with Crippen molar-refractivity contribution < 1.29 is 4.58 Å². The Hall–Kier alpha value is -1.11. The van der Waals surface area contributed by atoms with Crippen LogP contribution in [0.5, 0.6) is 0 Å². The van der Waals surface area contributed by atoms with Crippen LogP contribution in [0.25, 0.3) is 0 Å². The normalized spacial score (nSPS) is 17.0. The van der Waals surface area contributed by atoms with Gasteiger partial charge in [-0.15, -0.1) is 0 Å². The molecule has 0 spiro atoms. The average molecular weight is 319 g/mol. The summed E-state index contributed by atoms with van der Waals surface area (Å²) >= 11 is 0. The van der Waals surface area contributed by atoms with Gasteiger partial charge in [-0.1, -0.05) is 70.9 Å². The van der Waals surface area contributed by atoms with Gasteiger partial charge in [-0.05, 0) is 38.0 Å². The minimum atomic E-state index is 0.170. The van der Waals surface area contributed by atoms with Gasteiger partial charge in [-0.25, -0.2) is 4.58 Å². The van der Waals surface area contributed by atoms with Crippen LogP contribution in [0, 0.1) is 17.3 Å². The van der Waals surface area contributed by atoms with Gasteiger partial charge in [0.1, 0.15) is 14.1 Å². The lowest BCUT2D eigenvalue weighted by Gasteiger charge is -2.28. The number of rotatable bonds is 10. The summed E-state index contributed by atoms with van der Waals surface area (Å²) in [6.45, 7) is 13.6. The van der Waals surface area contributed by atoms with Gasteiger partial charge in [0.25, 0.3) is 0 Å². The molecule has 0 aliphatic heterocycles. The first kappa shape index (κ1) is 21.9. The zero-order valence-electron chi connectivity index (χ0n) is 16.9. The van der Waals surface area contributed by atoms with Crippen molar-refractivity contribution in [1.29, 1.82) is 0 Å². The Kier molecular flexibility index (Phi) is 10.9. The molecule has 0 aromatic carbocycles. The zero-order valence-corrected chi connectivity index (χ0v) is 16.9. The van der Waals surface area contributed by atoms with Crippen molar-refractivity contribution in [3.05, 3.63) is 36.0 Å². The quantitative estimate of drug-likeness (QED) is 0.254. The minimum Gasteiger partial charge on any atom is -0.241 e. The van der Waals surface area contributed by atoms with Gasteiger partial charge in [-0.3, -0.25) is 0 Å². The molecule has 132 valence electrons. The lowest BCUT2D eigenvalue weighted by molar-refractivity contribution is -0.458. The van der Waals surface area contributed by atoms with Crippen LogP contribution in [-0.4, -0.2) is 24.9 Å². The highest BCUT2D eigenvalue weighted by Gasteiger charge is 2.22. The molecule has 0 bridgehead atoms. The average Bonchev–Trinajstić information content (AvgIpc) is 2.48. The Morgan fingerprint density at radius 3 is 2.22 bits per heavy atom. The molecule has 0 fully saturated rings. The maximum absolute atomic E-state index is 2.42. The number of allylic oxidation sites excluding steroid dienone is 6. The molecular formula is C22H40N+. The Balaban J connectivity index is 5.13. The van der Waals surface area contributed by atoms with E-state index in [4.69, 9.17) is 0 Å². The van der Waals surface area contributed by atoms with Gasteiger partial charge >= 0.3 is 0 Å². The second kappa shape index (κ2) is 11.4. The Morgan fingerprint density at radius 2 is 1.78 bits per heavy atom. The standard InChI is InChI=1S/C22H40N/c1-9-14-22(6,15-12-19(4)5)18-21(11-3)17-20(10-2)13-16-23(7)8/h9,12-16,19,21H,10-11,17-18H2,1-8H3/q+1. The maximum Gasteiger partial charge on any atom is 0.162 e. The summed E-state index contributed by atoms with van der Waals surface area (Å²) in [7, 11) is 4.17. The first-order chi connectivity index (χ1) is 10.8. The van der Waals surface area contributed by atoms with Gasteiger partial charge in [0.05, 0.1) is 0 Å². The van der Waals surface area contributed by atoms with Crippen LogP contribution in [0.15, 0.2) is 36.0 Å². The van der Waals surface area contributed by atoms with Crippen LogP contribution in [0.2, 0.25) is 0 Å². The van der Waals surface area contributed by atoms with Gasteiger partial charge in [0, 0.05) is 11.5 Å². The van der Waals surface area contributed by atoms with Gasteiger partial charge < -0.3 is 0 Å². The van der Waals surface area contributed by atoms with Crippen LogP contribution in [0.3, 0.4) is 0 Å². The second-order valence-corrected chi connectivity index (χ2v) is 7.58. The lowest BCUT2D eigenvalue weighted by atomic mass is 9.76. The van der Waals surface area contributed by atoms with Crippen molar-refractivity contribution in [3.8, 4) is 0 Å². The Morgan fingerprint density at radius 1 is 1.13 bits per heavy atom. The van der Waals surface area contributed by atoms with Gasteiger partial charge in [-0.2, -0.15) is 0 Å². The molecule has 1 heteroatoms. The fraction of sp³-hybridized carbons (Fsp3) is 0.682. The third-order valence-corrected chi connectivity index (χ3v) is 4.33. The molecule has 23 heavy (non-hydrogen) atoms. The van der Waals surface area contributed by atoms with E-state index in [1.165, 1.54) is 19.3 Å². The molecule has 0 heterocycles. The third kappa shape index (κ3) is 10.3. The topological polar surface area (TPSA) is 3.01 Å². The van der Waals surface area contributed by atoms with E-state index in [1.54, 1.807) is 5.57 Å². The molecule has 0 rings (SSSR count). The van der Waals surface area contributed by atoms with Crippen molar-refractivity contribution in [2.45, 2.75) is 67.2 Å². The fourth-order valence-corrected chi connectivity index (χ4v) is 2.92. The highest BCUT2D eigenvalue weighted by molar-refractivity contribution is 5.67. The monoisotopic (exact) mass is 318 g/mol. The summed E-state index contributed by atoms with van der Waals surface area (Å²) in [5, 5.41) is 0. The molecule has 0 amide bonds. The molecule has 0 saturated carbocycles. The van der Waals surface area contributed by atoms with E-state index in [9.17, 15) is 0 Å². The third-order valence-electron chi connectivity index (χ3n) is 4.33. The van der Waals surface area contributed by atoms with Crippen LogP contribution >= 0.6 is 0 Å². The van der Waals surface area contributed by atoms with Crippen LogP contribution in [0.4, 0.5) is 0 Å². The Bertz CT molecular complexity index is 433. The van der Waals surface area contributed by atoms with E-state index in [0.717, 1.165) is 12.3 Å². The summed E-state index contributed by atoms with van der Waals surface area (Å²) in [4.78, 5) is 0. The summed E-state index contributed by atoms with van der Waals surface area (Å²) < 4.78 is 2.12. The lowest BCUT2D eigenvalue weighted by Crippen LogP contribution is -2.17. The molecule has 0 radical (unpaired) electrons. The van der Waals surface area contributed by atoms with Crippen molar-refractivity contribution >= 4 is 6.21 Å². The van der Waals surface area contributed by atoms with E-state index in [-0.39, 0.29) is 5.41 Å². The molecule has 0 aromatic rings. The van der Waals surface area contributed by atoms with Crippen LogP contribution < -0.4 is 0 Å². The van der Waals surface area contributed by atoms with Crippen LogP contribution in [0.1, 0.15) is 67.2 Å². The maximum atomic E-state index is 2.42. The van der Waals surface area contributed by atoms with E-state index >= 15 is 0 Å².